The van der Waals surface area contributed by atoms with Crippen LogP contribution in [0, 0.1) is 0 Å². The number of carbonyl (C=O) groups excluding carboxylic acids is 3. The fourth-order valence-corrected chi connectivity index (χ4v) is 3.79. The van der Waals surface area contributed by atoms with Crippen molar-refractivity contribution >= 4 is 52.0 Å². The molecule has 3 amide bonds. The zero-order chi connectivity index (χ0) is 19.9. The van der Waals surface area contributed by atoms with Crippen molar-refractivity contribution in [2.24, 2.45) is 0 Å². The van der Waals surface area contributed by atoms with E-state index in [2.05, 4.69) is 16.0 Å². The van der Waals surface area contributed by atoms with E-state index < -0.39 is 0 Å². The van der Waals surface area contributed by atoms with E-state index in [1.165, 1.54) is 11.3 Å². The fraction of sp³-hybridized carbons (Fsp3) is 0.316. The number of rotatable bonds is 7. The minimum Gasteiger partial charge on any atom is -0.359 e. The van der Waals surface area contributed by atoms with Crippen LogP contribution in [0.4, 0.5) is 11.4 Å². The van der Waals surface area contributed by atoms with Crippen LogP contribution in [0.5, 0.6) is 0 Å². The molecule has 1 aliphatic heterocycles. The molecule has 2 heterocycles. The molecule has 3 N–H and O–H groups in total. The first-order chi connectivity index (χ1) is 13.5. The summed E-state index contributed by atoms with van der Waals surface area (Å²) in [6, 6.07) is 7.01. The lowest BCUT2D eigenvalue weighted by Gasteiger charge is -2.29. The molecule has 7 nitrogen and oxygen atoms in total. The van der Waals surface area contributed by atoms with Crippen molar-refractivity contribution in [3.8, 4) is 0 Å². The Labute approximate surface area is 172 Å². The van der Waals surface area contributed by atoms with Gasteiger partial charge in [-0.2, -0.15) is 11.3 Å². The van der Waals surface area contributed by atoms with Crippen LogP contribution in [0.15, 0.2) is 35.0 Å². The van der Waals surface area contributed by atoms with Gasteiger partial charge < -0.3 is 20.9 Å². The van der Waals surface area contributed by atoms with Crippen LogP contribution < -0.4 is 20.9 Å². The minimum absolute atomic E-state index is 0.0363. The first-order valence-electron chi connectivity index (χ1n) is 8.94. The second-order valence-corrected chi connectivity index (χ2v) is 7.54. The first-order valence-corrected chi connectivity index (χ1v) is 10.3. The molecule has 0 bridgehead atoms. The molecule has 1 aromatic carbocycles. The molecule has 0 aliphatic carbocycles. The molecule has 0 spiro atoms. The summed E-state index contributed by atoms with van der Waals surface area (Å²) in [5, 5.41) is 12.5. The lowest BCUT2D eigenvalue weighted by atomic mass is 10.2. The van der Waals surface area contributed by atoms with Gasteiger partial charge in [-0.15, -0.1) is 0 Å². The van der Waals surface area contributed by atoms with Crippen molar-refractivity contribution in [1.29, 1.82) is 0 Å². The topological polar surface area (TPSA) is 90.5 Å². The highest BCUT2D eigenvalue weighted by molar-refractivity contribution is 7.08. The fourth-order valence-electron chi connectivity index (χ4n) is 2.86. The summed E-state index contributed by atoms with van der Waals surface area (Å²) < 4.78 is 0. The second-order valence-electron chi connectivity index (χ2n) is 6.36. The highest BCUT2D eigenvalue weighted by Gasteiger charge is 2.18. The normalized spacial score (nSPS) is 13.8. The molecular formula is C19H21ClN4O3S. The van der Waals surface area contributed by atoms with Crippen molar-refractivity contribution in [2.75, 3.05) is 36.4 Å². The quantitative estimate of drug-likeness (QED) is 0.600. The molecule has 1 aromatic heterocycles. The van der Waals surface area contributed by atoms with Gasteiger partial charge in [0, 0.05) is 42.7 Å². The molecule has 3 rings (SSSR count). The number of thiophene rings is 1. The Bertz CT molecular complexity index is 857. The first kappa shape index (κ1) is 20.2. The van der Waals surface area contributed by atoms with Crippen LogP contribution in [-0.4, -0.2) is 43.9 Å². The Morgan fingerprint density at radius 3 is 2.86 bits per heavy atom. The largest absolute Gasteiger partial charge is 0.359 e. The van der Waals surface area contributed by atoms with Crippen LogP contribution in [-0.2, 0) is 9.59 Å². The highest BCUT2D eigenvalue weighted by Crippen LogP contribution is 2.29. The number of carbonyl (C=O) groups is 3. The van der Waals surface area contributed by atoms with Crippen LogP contribution >= 0.6 is 22.9 Å². The van der Waals surface area contributed by atoms with E-state index in [1.807, 2.05) is 10.3 Å². The van der Waals surface area contributed by atoms with Gasteiger partial charge in [0.15, 0.2) is 0 Å². The monoisotopic (exact) mass is 420 g/mol. The van der Waals surface area contributed by atoms with Gasteiger partial charge in [0.25, 0.3) is 5.91 Å². The van der Waals surface area contributed by atoms with Crippen molar-refractivity contribution in [3.05, 3.63) is 45.6 Å². The molecule has 1 fully saturated rings. The van der Waals surface area contributed by atoms with Gasteiger partial charge in [-0.1, -0.05) is 11.6 Å². The lowest BCUT2D eigenvalue weighted by Crippen LogP contribution is -2.47. The van der Waals surface area contributed by atoms with Crippen LogP contribution in [0.2, 0.25) is 5.02 Å². The summed E-state index contributed by atoms with van der Waals surface area (Å²) in [4.78, 5) is 37.3. The molecule has 1 saturated heterocycles. The van der Waals surface area contributed by atoms with Gasteiger partial charge in [-0.25, -0.2) is 0 Å². The van der Waals surface area contributed by atoms with E-state index in [0.717, 1.165) is 5.69 Å². The summed E-state index contributed by atoms with van der Waals surface area (Å²) in [6.45, 7) is 1.96. The molecular weight excluding hydrogens is 400 g/mol. The number of benzene rings is 1. The number of amides is 3. The van der Waals surface area contributed by atoms with Gasteiger partial charge in [0.1, 0.15) is 0 Å². The molecule has 1 aliphatic rings. The zero-order valence-electron chi connectivity index (χ0n) is 15.2. The second kappa shape index (κ2) is 9.57. The van der Waals surface area contributed by atoms with Crippen molar-refractivity contribution in [1.82, 2.24) is 10.6 Å². The number of nitrogens with zero attached hydrogens (tertiary/aromatic N) is 1. The summed E-state index contributed by atoms with van der Waals surface area (Å²) in [6.07, 6.45) is 0.825. The van der Waals surface area contributed by atoms with Gasteiger partial charge in [0.05, 0.1) is 17.3 Å². The predicted octanol–water partition coefficient (Wildman–Crippen LogP) is 2.49. The van der Waals surface area contributed by atoms with E-state index >= 15 is 0 Å². The summed E-state index contributed by atoms with van der Waals surface area (Å²) in [5.74, 6) is -0.313. The maximum absolute atomic E-state index is 12.1. The average molecular weight is 421 g/mol. The van der Waals surface area contributed by atoms with E-state index in [9.17, 15) is 14.4 Å². The Morgan fingerprint density at radius 1 is 1.29 bits per heavy atom. The smallest absolute Gasteiger partial charge is 0.252 e. The van der Waals surface area contributed by atoms with Gasteiger partial charge in [-0.3, -0.25) is 14.4 Å². The van der Waals surface area contributed by atoms with Crippen LogP contribution in [0.3, 0.4) is 0 Å². The van der Waals surface area contributed by atoms with Crippen molar-refractivity contribution < 1.29 is 14.4 Å². The number of piperazine rings is 1. The lowest BCUT2D eigenvalue weighted by molar-refractivity contribution is -0.120. The summed E-state index contributed by atoms with van der Waals surface area (Å²) in [5.41, 5.74) is 2.00. The van der Waals surface area contributed by atoms with E-state index in [1.54, 1.807) is 29.6 Å². The number of nitrogens with one attached hydrogen (secondary N) is 3. The Hall–Kier alpha value is -2.58. The third-order valence-electron chi connectivity index (χ3n) is 4.26. The molecule has 0 atom stereocenters. The summed E-state index contributed by atoms with van der Waals surface area (Å²) >= 11 is 7.80. The molecule has 0 radical (unpaired) electrons. The number of hydrogen-bond acceptors (Lipinski definition) is 5. The standard InChI is InChI=1S/C19H21ClN4O3S/c20-15-10-14(3-4-16(15)24-8-7-21-18(26)11-24)23-17(25)2-1-6-22-19(27)13-5-9-28-12-13/h3-5,9-10,12H,1-2,6-8,11H2,(H,21,26)(H,22,27)(H,23,25). The number of anilines is 2. The minimum atomic E-state index is -0.147. The molecule has 2 aromatic rings. The molecule has 28 heavy (non-hydrogen) atoms. The predicted molar refractivity (Wildman–Crippen MR) is 111 cm³/mol. The molecule has 0 unspecified atom stereocenters. The highest BCUT2D eigenvalue weighted by atomic mass is 35.5. The Morgan fingerprint density at radius 2 is 2.14 bits per heavy atom. The zero-order valence-corrected chi connectivity index (χ0v) is 16.7. The van der Waals surface area contributed by atoms with E-state index in [-0.39, 0.29) is 30.7 Å². The molecule has 0 saturated carbocycles. The van der Waals surface area contributed by atoms with Gasteiger partial charge in [0.2, 0.25) is 11.8 Å². The van der Waals surface area contributed by atoms with Crippen LogP contribution in [0.1, 0.15) is 23.2 Å². The van der Waals surface area contributed by atoms with E-state index in [0.29, 0.717) is 42.3 Å². The summed E-state index contributed by atoms with van der Waals surface area (Å²) in [7, 11) is 0. The van der Waals surface area contributed by atoms with E-state index in [4.69, 9.17) is 11.6 Å². The van der Waals surface area contributed by atoms with Crippen molar-refractivity contribution in [3.63, 3.8) is 0 Å². The van der Waals surface area contributed by atoms with Crippen LogP contribution in [0.25, 0.3) is 0 Å². The van der Waals surface area contributed by atoms with Crippen molar-refractivity contribution in [2.45, 2.75) is 12.8 Å². The third-order valence-corrected chi connectivity index (χ3v) is 5.25. The third kappa shape index (κ3) is 5.46. The maximum Gasteiger partial charge on any atom is 0.252 e. The van der Waals surface area contributed by atoms with Gasteiger partial charge >= 0.3 is 0 Å². The number of hydrogen-bond donors (Lipinski definition) is 3. The van der Waals surface area contributed by atoms with Gasteiger partial charge in [-0.05, 0) is 36.1 Å². The molecule has 148 valence electrons. The Kier molecular flexibility index (Phi) is 6.89. The SMILES string of the molecule is O=C1CN(c2ccc(NC(=O)CCCNC(=O)c3ccsc3)cc2Cl)CCN1. The number of halogens is 1. The molecule has 9 heteroatoms. The Balaban J connectivity index is 1.44. The average Bonchev–Trinajstić information content (AvgIpc) is 3.20. The maximum atomic E-state index is 12.1.